The van der Waals surface area contributed by atoms with E-state index in [9.17, 15) is 45.4 Å². The van der Waals surface area contributed by atoms with Gasteiger partial charge in [-0.3, -0.25) is 9.69 Å². The second-order valence-electron chi connectivity index (χ2n) is 11.8. The summed E-state index contributed by atoms with van der Waals surface area (Å²) in [6.45, 7) is 8.54. The number of halogens is 7. The van der Waals surface area contributed by atoms with E-state index in [4.69, 9.17) is 9.47 Å². The summed E-state index contributed by atoms with van der Waals surface area (Å²) in [5.74, 6) is -1.08. The van der Waals surface area contributed by atoms with Gasteiger partial charge in [-0.25, -0.2) is 9.18 Å². The molecule has 3 amide bonds. The first kappa shape index (κ1) is 37.9. The molecule has 47 heavy (non-hydrogen) atoms. The average molecular weight is 679 g/mol. The maximum Gasteiger partial charge on any atom is 0.430 e. The third-order valence-corrected chi connectivity index (χ3v) is 8.04. The van der Waals surface area contributed by atoms with Gasteiger partial charge in [0, 0.05) is 12.1 Å². The Labute approximate surface area is 269 Å². The maximum absolute atomic E-state index is 14.8. The first-order chi connectivity index (χ1) is 21.9. The van der Waals surface area contributed by atoms with Crippen LogP contribution in [0.5, 0.6) is 11.5 Å². The van der Waals surface area contributed by atoms with E-state index in [1.165, 1.54) is 12.1 Å². The summed E-state index contributed by atoms with van der Waals surface area (Å²) < 4.78 is 108. The highest BCUT2D eigenvalue weighted by Crippen LogP contribution is 2.51. The van der Waals surface area contributed by atoms with E-state index in [0.29, 0.717) is 25.0 Å². The fraction of sp³-hybridized carbons (Fsp3) is 0.576. The molecule has 262 valence electrons. The van der Waals surface area contributed by atoms with Crippen molar-refractivity contribution in [3.05, 3.63) is 58.4 Å². The highest BCUT2D eigenvalue weighted by atomic mass is 19.4. The summed E-state index contributed by atoms with van der Waals surface area (Å²) in [6, 6.07) is 4.82. The number of benzene rings is 2. The van der Waals surface area contributed by atoms with Crippen LogP contribution in [-0.4, -0.2) is 53.6 Å². The number of nitrogens with one attached hydrogen (secondary N) is 1. The number of aliphatic hydroxyl groups is 1. The van der Waals surface area contributed by atoms with Crippen molar-refractivity contribution in [2.24, 2.45) is 0 Å². The molecule has 1 saturated heterocycles. The van der Waals surface area contributed by atoms with Gasteiger partial charge in [0.2, 0.25) is 0 Å². The molecule has 0 bridgehead atoms. The van der Waals surface area contributed by atoms with Crippen LogP contribution in [0.3, 0.4) is 0 Å². The van der Waals surface area contributed by atoms with E-state index >= 15 is 0 Å². The van der Waals surface area contributed by atoms with Crippen LogP contribution >= 0.6 is 0 Å². The zero-order valence-corrected chi connectivity index (χ0v) is 27.0. The van der Waals surface area contributed by atoms with Gasteiger partial charge in [0.25, 0.3) is 11.5 Å². The van der Waals surface area contributed by atoms with E-state index in [0.717, 1.165) is 11.0 Å². The molecule has 3 rings (SSSR count). The van der Waals surface area contributed by atoms with Gasteiger partial charge in [0.15, 0.2) is 11.6 Å². The van der Waals surface area contributed by atoms with Crippen molar-refractivity contribution in [2.45, 2.75) is 109 Å². The molecule has 1 atom stereocenters. The van der Waals surface area contributed by atoms with Gasteiger partial charge in [-0.05, 0) is 86.9 Å². The predicted molar refractivity (Wildman–Crippen MR) is 160 cm³/mol. The van der Waals surface area contributed by atoms with Gasteiger partial charge >= 0.3 is 18.4 Å². The van der Waals surface area contributed by atoms with Gasteiger partial charge in [0.05, 0.1) is 12.7 Å². The molecule has 1 heterocycles. The molecule has 0 aliphatic carbocycles. The smallest absolute Gasteiger partial charge is 0.430 e. The van der Waals surface area contributed by atoms with E-state index in [2.05, 4.69) is 5.32 Å². The van der Waals surface area contributed by atoms with Crippen LogP contribution in [0.25, 0.3) is 0 Å². The minimum Gasteiger partial charge on any atom is -0.493 e. The van der Waals surface area contributed by atoms with E-state index in [1.54, 1.807) is 34.6 Å². The monoisotopic (exact) mass is 678 g/mol. The number of carbonyl (C=O) groups is 2. The molecular weight excluding hydrogens is 637 g/mol. The number of nitrogens with zero attached hydrogens (tertiary/aromatic N) is 1. The van der Waals surface area contributed by atoms with E-state index < -0.39 is 46.8 Å². The molecular formula is C33H41F7N2O5. The molecule has 2 N–H and O–H groups in total. The Morgan fingerprint density at radius 1 is 0.915 bits per heavy atom. The molecule has 0 radical (unpaired) electrons. The van der Waals surface area contributed by atoms with Crippen molar-refractivity contribution < 1.29 is 54.9 Å². The van der Waals surface area contributed by atoms with Gasteiger partial charge in [0.1, 0.15) is 11.3 Å². The summed E-state index contributed by atoms with van der Waals surface area (Å²) in [6.07, 6.45) is -10.7. The summed E-state index contributed by atoms with van der Waals surface area (Å²) in [5.41, 5.74) is -7.41. The number of urea groups is 1. The first-order valence-electron chi connectivity index (χ1n) is 15.6. The topological polar surface area (TPSA) is 88.1 Å². The summed E-state index contributed by atoms with van der Waals surface area (Å²) in [4.78, 5) is 27.4. The van der Waals surface area contributed by atoms with Gasteiger partial charge in [-0.2, -0.15) is 26.3 Å². The zero-order valence-electron chi connectivity index (χ0n) is 27.0. The molecule has 2 aromatic rings. The predicted octanol–water partition coefficient (Wildman–Crippen LogP) is 7.85. The highest BCUT2D eigenvalue weighted by Gasteiger charge is 2.71. The number of ether oxygens (including phenoxy) is 2. The Morgan fingerprint density at radius 3 is 1.96 bits per heavy atom. The van der Waals surface area contributed by atoms with Crippen molar-refractivity contribution in [1.29, 1.82) is 0 Å². The zero-order chi connectivity index (χ0) is 35.4. The van der Waals surface area contributed by atoms with Crippen LogP contribution in [0.1, 0.15) is 89.0 Å². The van der Waals surface area contributed by atoms with Gasteiger partial charge in [-0.1, -0.05) is 39.7 Å². The molecule has 1 fully saturated rings. The lowest BCUT2D eigenvalue weighted by Gasteiger charge is -2.33. The molecule has 1 unspecified atom stereocenters. The van der Waals surface area contributed by atoms with Crippen LogP contribution in [0.4, 0.5) is 35.5 Å². The number of rotatable bonds is 15. The normalized spacial score (nSPS) is 17.4. The minimum absolute atomic E-state index is 0.0128. The van der Waals surface area contributed by atoms with Crippen molar-refractivity contribution in [1.82, 2.24) is 10.2 Å². The van der Waals surface area contributed by atoms with Crippen molar-refractivity contribution >= 4 is 11.9 Å². The van der Waals surface area contributed by atoms with Crippen molar-refractivity contribution in [3.8, 4) is 11.5 Å². The van der Waals surface area contributed by atoms with Crippen LogP contribution in [0.15, 0.2) is 30.3 Å². The van der Waals surface area contributed by atoms with E-state index in [1.807, 2.05) is 0 Å². The third-order valence-electron chi connectivity index (χ3n) is 8.04. The molecule has 1 aliphatic heterocycles. The van der Waals surface area contributed by atoms with Crippen molar-refractivity contribution in [2.75, 3.05) is 13.2 Å². The molecule has 0 saturated carbocycles. The van der Waals surface area contributed by atoms with E-state index in [-0.39, 0.29) is 79.5 Å². The Kier molecular flexibility index (Phi) is 11.9. The average Bonchev–Trinajstić information content (AvgIpc) is 3.22. The summed E-state index contributed by atoms with van der Waals surface area (Å²) >= 11 is 0. The second kappa shape index (κ2) is 14.7. The number of alkyl halides is 6. The number of hydrogen-bond donors (Lipinski definition) is 2. The Hall–Kier alpha value is -3.55. The Balaban J connectivity index is 1.77. The van der Waals surface area contributed by atoms with Gasteiger partial charge in [-0.15, -0.1) is 0 Å². The summed E-state index contributed by atoms with van der Waals surface area (Å²) in [7, 11) is 0. The van der Waals surface area contributed by atoms with Crippen LogP contribution in [0, 0.1) is 5.82 Å². The van der Waals surface area contributed by atoms with Crippen molar-refractivity contribution in [3.63, 3.8) is 0 Å². The molecule has 7 nitrogen and oxygen atoms in total. The third kappa shape index (κ3) is 7.62. The van der Waals surface area contributed by atoms with Crippen LogP contribution in [-0.2, 0) is 28.8 Å². The largest absolute Gasteiger partial charge is 0.493 e. The molecule has 14 heteroatoms. The molecule has 1 aliphatic rings. The number of aryl methyl sites for hydroxylation is 2. The fourth-order valence-electron chi connectivity index (χ4n) is 5.68. The Morgan fingerprint density at radius 2 is 1.49 bits per heavy atom. The molecule has 2 aromatic carbocycles. The molecule has 0 aromatic heterocycles. The molecule has 0 spiro atoms. The first-order valence-corrected chi connectivity index (χ1v) is 15.6. The lowest BCUT2D eigenvalue weighted by Crippen LogP contribution is -2.54. The maximum atomic E-state index is 14.8. The second-order valence-corrected chi connectivity index (χ2v) is 11.8. The van der Waals surface area contributed by atoms with Crippen LogP contribution < -0.4 is 14.8 Å². The number of amides is 3. The Bertz CT molecular complexity index is 1390. The highest BCUT2D eigenvalue weighted by molar-refractivity contribution is 6.07. The number of unbranched alkanes of at least 4 members (excludes halogenated alkanes) is 1. The standard InChI is InChI=1S/C33H41F7N2O5/c1-6-11-21-17-24(31(45,32(35,36)37)33(38,39)40)18-22(12-7-2)27(21)46-16-10-9-15-42-28(43)30(8-3,41-29(42)44)23-13-14-26(25(34)19-23)47-20(4)5/h13-14,17-20,45H,6-12,15-16H2,1-5H3,(H,41,44). The van der Waals surface area contributed by atoms with Crippen LogP contribution in [0.2, 0.25) is 0 Å². The fourth-order valence-corrected chi connectivity index (χ4v) is 5.68. The quantitative estimate of drug-likeness (QED) is 0.114. The lowest BCUT2D eigenvalue weighted by atomic mass is 9.87. The summed E-state index contributed by atoms with van der Waals surface area (Å²) in [5, 5.41) is 12.7. The number of imide groups is 1. The lowest BCUT2D eigenvalue weighted by molar-refractivity contribution is -0.376. The minimum atomic E-state index is -6.02. The number of hydrogen-bond acceptors (Lipinski definition) is 5. The number of carbonyl (C=O) groups excluding carboxylic acids is 2. The SMILES string of the molecule is CCCc1cc(C(O)(C(F)(F)F)C(F)(F)F)cc(CCC)c1OCCCCN1C(=O)NC(CC)(c2ccc(OC(C)C)c(F)c2)C1=O. The van der Waals surface area contributed by atoms with Gasteiger partial charge < -0.3 is 19.9 Å².